The molecule has 1 saturated heterocycles. The summed E-state index contributed by atoms with van der Waals surface area (Å²) >= 11 is 0. The van der Waals surface area contributed by atoms with E-state index in [-0.39, 0.29) is 18.2 Å². The first-order valence-electron chi connectivity index (χ1n) is 7.80. The van der Waals surface area contributed by atoms with E-state index in [1.165, 1.54) is 12.3 Å². The van der Waals surface area contributed by atoms with Crippen LogP contribution in [0.4, 0.5) is 0 Å². The highest BCUT2D eigenvalue weighted by Gasteiger charge is 2.34. The van der Waals surface area contributed by atoms with E-state index in [1.807, 2.05) is 30.3 Å². The summed E-state index contributed by atoms with van der Waals surface area (Å²) < 4.78 is 30.0. The Kier molecular flexibility index (Phi) is 4.85. The standard InChI is InChI=1S/C18H19NO4S/c20-18(9-8-15-5-2-1-3-6-15)19-11-10-17(13-19)24(21,22)14-16-7-4-12-23-16/h1-9,12,17H,10-11,13-14H2. The Morgan fingerprint density at radius 3 is 2.71 bits per heavy atom. The number of benzene rings is 1. The summed E-state index contributed by atoms with van der Waals surface area (Å²) in [7, 11) is -3.33. The lowest BCUT2D eigenvalue weighted by atomic mass is 10.2. The maximum absolute atomic E-state index is 12.4. The topological polar surface area (TPSA) is 67.6 Å². The van der Waals surface area contributed by atoms with Gasteiger partial charge in [-0.2, -0.15) is 0 Å². The van der Waals surface area contributed by atoms with Crippen molar-refractivity contribution in [2.45, 2.75) is 17.4 Å². The highest BCUT2D eigenvalue weighted by molar-refractivity contribution is 7.91. The van der Waals surface area contributed by atoms with E-state index in [0.717, 1.165) is 5.56 Å². The Hall–Kier alpha value is -2.34. The summed E-state index contributed by atoms with van der Waals surface area (Å²) in [6, 6.07) is 12.8. The molecule has 1 aliphatic rings. The number of sulfone groups is 1. The minimum Gasteiger partial charge on any atom is -0.468 e. The minimum absolute atomic E-state index is 0.119. The molecule has 0 spiro atoms. The van der Waals surface area contributed by atoms with Crippen LogP contribution >= 0.6 is 0 Å². The number of carbonyl (C=O) groups is 1. The van der Waals surface area contributed by atoms with Crippen molar-refractivity contribution >= 4 is 21.8 Å². The zero-order valence-corrected chi connectivity index (χ0v) is 14.0. The maximum Gasteiger partial charge on any atom is 0.246 e. The molecule has 1 amide bonds. The van der Waals surface area contributed by atoms with Crippen molar-refractivity contribution in [2.75, 3.05) is 13.1 Å². The second-order valence-electron chi connectivity index (χ2n) is 5.83. The van der Waals surface area contributed by atoms with E-state index in [2.05, 4.69) is 0 Å². The lowest BCUT2D eigenvalue weighted by Crippen LogP contribution is -2.31. The number of nitrogens with zero attached hydrogens (tertiary/aromatic N) is 1. The van der Waals surface area contributed by atoms with E-state index in [1.54, 1.807) is 23.1 Å². The quantitative estimate of drug-likeness (QED) is 0.781. The van der Waals surface area contributed by atoms with Crippen LogP contribution in [0.2, 0.25) is 0 Å². The Morgan fingerprint density at radius 2 is 2.00 bits per heavy atom. The van der Waals surface area contributed by atoms with Crippen LogP contribution in [0.5, 0.6) is 0 Å². The van der Waals surface area contributed by atoms with Gasteiger partial charge in [-0.15, -0.1) is 0 Å². The predicted molar refractivity (Wildman–Crippen MR) is 91.8 cm³/mol. The number of hydrogen-bond donors (Lipinski definition) is 0. The molecule has 0 aliphatic carbocycles. The smallest absolute Gasteiger partial charge is 0.246 e. The molecular formula is C18H19NO4S. The Morgan fingerprint density at radius 1 is 1.21 bits per heavy atom. The van der Waals surface area contributed by atoms with Gasteiger partial charge in [0.25, 0.3) is 0 Å². The number of furan rings is 1. The van der Waals surface area contributed by atoms with Crippen molar-refractivity contribution in [1.82, 2.24) is 4.90 Å². The maximum atomic E-state index is 12.4. The third-order valence-corrected chi connectivity index (χ3v) is 6.19. The Labute approximate surface area is 141 Å². The van der Waals surface area contributed by atoms with Crippen LogP contribution in [0, 0.1) is 0 Å². The number of hydrogen-bond acceptors (Lipinski definition) is 4. The van der Waals surface area contributed by atoms with Crippen LogP contribution < -0.4 is 0 Å². The number of likely N-dealkylation sites (tertiary alicyclic amines) is 1. The molecule has 1 aromatic carbocycles. The molecule has 1 fully saturated rings. The van der Waals surface area contributed by atoms with Crippen molar-refractivity contribution < 1.29 is 17.6 Å². The van der Waals surface area contributed by atoms with Gasteiger partial charge in [-0.05, 0) is 30.2 Å². The van der Waals surface area contributed by atoms with Crippen molar-refractivity contribution in [3.05, 3.63) is 66.1 Å². The van der Waals surface area contributed by atoms with Gasteiger partial charge in [-0.3, -0.25) is 4.79 Å². The fourth-order valence-corrected chi connectivity index (χ4v) is 4.44. The van der Waals surface area contributed by atoms with E-state index < -0.39 is 15.1 Å². The number of carbonyl (C=O) groups excluding carboxylic acids is 1. The van der Waals surface area contributed by atoms with Crippen LogP contribution in [-0.2, 0) is 20.4 Å². The highest BCUT2D eigenvalue weighted by atomic mass is 32.2. The second-order valence-corrected chi connectivity index (χ2v) is 8.11. The molecule has 2 heterocycles. The van der Waals surface area contributed by atoms with E-state index in [9.17, 15) is 13.2 Å². The van der Waals surface area contributed by atoms with Crippen molar-refractivity contribution in [3.63, 3.8) is 0 Å². The summed E-state index contributed by atoms with van der Waals surface area (Å²) in [5.41, 5.74) is 0.937. The average molecular weight is 345 g/mol. The summed E-state index contributed by atoms with van der Waals surface area (Å²) in [5, 5.41) is -0.531. The summed E-state index contributed by atoms with van der Waals surface area (Å²) in [5.74, 6) is 0.158. The molecule has 5 nitrogen and oxygen atoms in total. The number of amides is 1. The molecule has 2 aromatic rings. The van der Waals surface area contributed by atoms with Gasteiger partial charge in [0.1, 0.15) is 11.5 Å². The number of rotatable bonds is 5. The molecule has 3 rings (SSSR count). The first-order chi connectivity index (χ1) is 11.5. The second kappa shape index (κ2) is 7.05. The molecule has 6 heteroatoms. The van der Waals surface area contributed by atoms with Gasteiger partial charge in [-0.1, -0.05) is 30.3 Å². The first-order valence-corrected chi connectivity index (χ1v) is 9.52. The van der Waals surface area contributed by atoms with Crippen LogP contribution in [0.1, 0.15) is 17.7 Å². The Balaban J connectivity index is 1.60. The van der Waals surface area contributed by atoms with Crippen molar-refractivity contribution in [2.24, 2.45) is 0 Å². The fourth-order valence-electron chi connectivity index (χ4n) is 2.77. The fraction of sp³-hybridized carbons (Fsp3) is 0.278. The summed E-state index contributed by atoms with van der Waals surface area (Å²) in [6.45, 7) is 0.695. The monoisotopic (exact) mass is 345 g/mol. The lowest BCUT2D eigenvalue weighted by molar-refractivity contribution is -0.124. The highest BCUT2D eigenvalue weighted by Crippen LogP contribution is 2.21. The third-order valence-electron chi connectivity index (χ3n) is 4.11. The molecule has 1 aromatic heterocycles. The molecule has 126 valence electrons. The van der Waals surface area contributed by atoms with Crippen LogP contribution in [0.3, 0.4) is 0 Å². The normalized spacial score (nSPS) is 18.3. The van der Waals surface area contributed by atoms with Crippen molar-refractivity contribution in [1.29, 1.82) is 0 Å². The molecular weight excluding hydrogens is 326 g/mol. The van der Waals surface area contributed by atoms with Gasteiger partial charge in [-0.25, -0.2) is 8.42 Å². The van der Waals surface area contributed by atoms with Crippen LogP contribution in [-0.4, -0.2) is 37.6 Å². The minimum atomic E-state index is -3.33. The third kappa shape index (κ3) is 3.94. The van der Waals surface area contributed by atoms with E-state index >= 15 is 0 Å². The molecule has 1 unspecified atom stereocenters. The SMILES string of the molecule is O=C(C=Cc1ccccc1)N1CCC(S(=O)(=O)Cc2ccco2)C1. The van der Waals surface area contributed by atoms with Gasteiger partial charge >= 0.3 is 0 Å². The molecule has 24 heavy (non-hydrogen) atoms. The largest absolute Gasteiger partial charge is 0.468 e. The molecule has 0 N–H and O–H groups in total. The van der Waals surface area contributed by atoms with Gasteiger partial charge < -0.3 is 9.32 Å². The van der Waals surface area contributed by atoms with Gasteiger partial charge in [0.15, 0.2) is 9.84 Å². The first kappa shape index (κ1) is 16.5. The van der Waals surface area contributed by atoms with Crippen molar-refractivity contribution in [3.8, 4) is 0 Å². The van der Waals surface area contributed by atoms with E-state index in [0.29, 0.717) is 18.7 Å². The molecule has 0 saturated carbocycles. The zero-order valence-electron chi connectivity index (χ0n) is 13.2. The van der Waals surface area contributed by atoms with Gasteiger partial charge in [0, 0.05) is 19.2 Å². The molecule has 1 aliphatic heterocycles. The molecule has 0 bridgehead atoms. The predicted octanol–water partition coefficient (Wildman–Crippen LogP) is 2.51. The lowest BCUT2D eigenvalue weighted by Gasteiger charge is -2.14. The van der Waals surface area contributed by atoms with Gasteiger partial charge in [0.2, 0.25) is 5.91 Å². The Bertz CT molecular complexity index is 810. The van der Waals surface area contributed by atoms with Gasteiger partial charge in [0.05, 0.1) is 11.5 Å². The van der Waals surface area contributed by atoms with E-state index in [4.69, 9.17) is 4.42 Å². The zero-order chi connectivity index (χ0) is 17.0. The molecule has 0 radical (unpaired) electrons. The average Bonchev–Trinajstić information content (AvgIpc) is 3.25. The summed E-state index contributed by atoms with van der Waals surface area (Å²) in [4.78, 5) is 13.8. The van der Waals surface area contributed by atoms with Crippen LogP contribution in [0.25, 0.3) is 6.08 Å². The van der Waals surface area contributed by atoms with Crippen LogP contribution in [0.15, 0.2) is 59.2 Å². The summed E-state index contributed by atoms with van der Waals surface area (Å²) in [6.07, 6.45) is 5.17. The molecule has 1 atom stereocenters.